The highest BCUT2D eigenvalue weighted by atomic mass is 127. The Hall–Kier alpha value is -1.07. The van der Waals surface area contributed by atoms with Gasteiger partial charge in [0.25, 0.3) is 0 Å². The van der Waals surface area contributed by atoms with E-state index in [1.54, 1.807) is 0 Å². The van der Waals surface area contributed by atoms with Gasteiger partial charge in [0.2, 0.25) is 10.0 Å². The first-order valence-electron chi connectivity index (χ1n) is 8.69. The molecule has 0 spiro atoms. The molecule has 9 heteroatoms. The molecule has 0 atom stereocenters. The smallest absolute Gasteiger partial charge is 0.208 e. The van der Waals surface area contributed by atoms with E-state index in [9.17, 15) is 8.42 Å². The second kappa shape index (κ2) is 11.6. The first-order chi connectivity index (χ1) is 12.0. The normalized spacial score (nSPS) is 13.5. The van der Waals surface area contributed by atoms with Crippen molar-refractivity contribution in [1.82, 2.24) is 15.4 Å². The van der Waals surface area contributed by atoms with E-state index in [0.717, 1.165) is 50.5 Å². The number of nitrogens with one attached hydrogen (secondary N) is 3. The molecular formula is C17H29IN4O3S. The minimum Gasteiger partial charge on any atom is -0.493 e. The van der Waals surface area contributed by atoms with Crippen molar-refractivity contribution in [1.29, 1.82) is 0 Å². The molecule has 0 amide bonds. The lowest BCUT2D eigenvalue weighted by atomic mass is 10.1. The molecule has 0 aromatic heterocycles. The number of hydrogen-bond donors (Lipinski definition) is 3. The molecule has 2 rings (SSSR count). The van der Waals surface area contributed by atoms with Crippen molar-refractivity contribution in [2.45, 2.75) is 26.2 Å². The van der Waals surface area contributed by atoms with E-state index >= 15 is 0 Å². The van der Waals surface area contributed by atoms with Crippen LogP contribution in [-0.4, -0.2) is 53.4 Å². The van der Waals surface area contributed by atoms with Crippen molar-refractivity contribution in [2.75, 3.05) is 39.0 Å². The number of benzene rings is 1. The maximum atomic E-state index is 11.0. The lowest BCUT2D eigenvalue weighted by molar-refractivity contribution is 0.357. The van der Waals surface area contributed by atoms with Gasteiger partial charge in [-0.15, -0.1) is 24.0 Å². The van der Waals surface area contributed by atoms with Crippen molar-refractivity contribution in [2.24, 2.45) is 4.99 Å². The predicted octanol–water partition coefficient (Wildman–Crippen LogP) is 1.28. The molecule has 1 heterocycles. The Morgan fingerprint density at radius 2 is 2.08 bits per heavy atom. The van der Waals surface area contributed by atoms with E-state index in [0.29, 0.717) is 19.5 Å². The predicted molar refractivity (Wildman–Crippen MR) is 116 cm³/mol. The summed E-state index contributed by atoms with van der Waals surface area (Å²) in [6.07, 6.45) is 3.72. The number of rotatable bonds is 9. The summed E-state index contributed by atoms with van der Waals surface area (Å²) in [4.78, 5) is 4.46. The van der Waals surface area contributed by atoms with Crippen molar-refractivity contribution in [3.63, 3.8) is 0 Å². The summed E-state index contributed by atoms with van der Waals surface area (Å²) in [6.45, 7) is 5.33. The zero-order chi connectivity index (χ0) is 18.1. The van der Waals surface area contributed by atoms with Crippen LogP contribution in [0.25, 0.3) is 0 Å². The molecule has 0 unspecified atom stereocenters. The largest absolute Gasteiger partial charge is 0.493 e. The topological polar surface area (TPSA) is 91.8 Å². The molecule has 7 nitrogen and oxygen atoms in total. The van der Waals surface area contributed by atoms with Gasteiger partial charge in [0.05, 0.1) is 12.9 Å². The summed E-state index contributed by atoms with van der Waals surface area (Å²) in [5.74, 6) is 1.76. The Labute approximate surface area is 173 Å². The Morgan fingerprint density at radius 3 is 2.81 bits per heavy atom. The molecule has 26 heavy (non-hydrogen) atoms. The number of aliphatic imine (C=N–C) groups is 1. The van der Waals surface area contributed by atoms with Gasteiger partial charge in [0, 0.05) is 32.6 Å². The molecule has 3 N–H and O–H groups in total. The summed E-state index contributed by atoms with van der Waals surface area (Å²) < 4.78 is 30.0. The van der Waals surface area contributed by atoms with Crippen LogP contribution in [0.5, 0.6) is 5.75 Å². The van der Waals surface area contributed by atoms with Gasteiger partial charge in [-0.1, -0.05) is 12.1 Å². The SMILES string of the molecule is CCNC(=NCCCNS(C)(=O)=O)NCCc1ccc2c(c1)CCO2.I. The van der Waals surface area contributed by atoms with Gasteiger partial charge in [0.15, 0.2) is 5.96 Å². The van der Waals surface area contributed by atoms with Gasteiger partial charge >= 0.3 is 0 Å². The molecule has 0 saturated carbocycles. The van der Waals surface area contributed by atoms with Gasteiger partial charge < -0.3 is 15.4 Å². The highest BCUT2D eigenvalue weighted by Crippen LogP contribution is 2.25. The van der Waals surface area contributed by atoms with Crippen molar-refractivity contribution < 1.29 is 13.2 Å². The molecule has 0 bridgehead atoms. The lowest BCUT2D eigenvalue weighted by Crippen LogP contribution is -2.38. The molecule has 0 aliphatic carbocycles. The van der Waals surface area contributed by atoms with Crippen LogP contribution in [0.4, 0.5) is 0 Å². The van der Waals surface area contributed by atoms with Crippen molar-refractivity contribution in [3.8, 4) is 5.75 Å². The summed E-state index contributed by atoms with van der Waals surface area (Å²) in [5.41, 5.74) is 2.57. The van der Waals surface area contributed by atoms with Gasteiger partial charge in [0.1, 0.15) is 5.75 Å². The zero-order valence-electron chi connectivity index (χ0n) is 15.4. The Balaban J connectivity index is 0.00000338. The fraction of sp³-hybridized carbons (Fsp3) is 0.588. The molecule has 1 aliphatic heterocycles. The minimum absolute atomic E-state index is 0. The molecule has 0 saturated heterocycles. The van der Waals surface area contributed by atoms with E-state index in [1.807, 2.05) is 13.0 Å². The number of sulfonamides is 1. The summed E-state index contributed by atoms with van der Waals surface area (Å²) in [5, 5.41) is 6.51. The number of fused-ring (bicyclic) bond motifs is 1. The maximum Gasteiger partial charge on any atom is 0.208 e. The third kappa shape index (κ3) is 8.54. The van der Waals surface area contributed by atoms with Gasteiger partial charge in [-0.25, -0.2) is 13.1 Å². The second-order valence-electron chi connectivity index (χ2n) is 6.00. The quantitative estimate of drug-likeness (QED) is 0.207. The molecule has 148 valence electrons. The molecule has 0 radical (unpaired) electrons. The van der Waals surface area contributed by atoms with Crippen LogP contribution in [0.15, 0.2) is 23.2 Å². The molecule has 1 aromatic rings. The Bertz CT molecular complexity index is 695. The number of nitrogens with zero attached hydrogens (tertiary/aromatic N) is 1. The van der Waals surface area contributed by atoms with E-state index in [-0.39, 0.29) is 24.0 Å². The van der Waals surface area contributed by atoms with Crippen molar-refractivity contribution >= 4 is 40.0 Å². The van der Waals surface area contributed by atoms with Gasteiger partial charge in [-0.05, 0) is 37.0 Å². The van der Waals surface area contributed by atoms with Gasteiger partial charge in [-0.2, -0.15) is 0 Å². The van der Waals surface area contributed by atoms with E-state index in [2.05, 4.69) is 32.5 Å². The molecular weight excluding hydrogens is 467 g/mol. The minimum atomic E-state index is -3.12. The van der Waals surface area contributed by atoms with Crippen LogP contribution in [0.3, 0.4) is 0 Å². The average molecular weight is 496 g/mol. The van der Waals surface area contributed by atoms with Crippen LogP contribution in [0.1, 0.15) is 24.5 Å². The first-order valence-corrected chi connectivity index (χ1v) is 10.6. The van der Waals surface area contributed by atoms with E-state index in [1.165, 1.54) is 11.1 Å². The third-order valence-corrected chi connectivity index (χ3v) is 4.50. The van der Waals surface area contributed by atoms with Crippen LogP contribution >= 0.6 is 24.0 Å². The van der Waals surface area contributed by atoms with Crippen LogP contribution in [0.2, 0.25) is 0 Å². The van der Waals surface area contributed by atoms with E-state index < -0.39 is 10.0 Å². The van der Waals surface area contributed by atoms with Crippen LogP contribution < -0.4 is 20.1 Å². The fourth-order valence-corrected chi connectivity index (χ4v) is 3.11. The van der Waals surface area contributed by atoms with Gasteiger partial charge in [-0.3, -0.25) is 4.99 Å². The second-order valence-corrected chi connectivity index (χ2v) is 7.83. The Kier molecular flexibility index (Phi) is 10.3. The average Bonchev–Trinajstić information content (AvgIpc) is 3.01. The monoisotopic (exact) mass is 496 g/mol. The van der Waals surface area contributed by atoms with Crippen LogP contribution in [-0.2, 0) is 22.9 Å². The molecule has 1 aliphatic rings. The lowest BCUT2D eigenvalue weighted by Gasteiger charge is -2.11. The van der Waals surface area contributed by atoms with Crippen LogP contribution in [0, 0.1) is 0 Å². The number of guanidine groups is 1. The summed E-state index contributed by atoms with van der Waals surface area (Å²) in [6, 6.07) is 6.36. The molecule has 1 aromatic carbocycles. The molecule has 0 fully saturated rings. The number of ether oxygens (including phenoxy) is 1. The number of hydrogen-bond acceptors (Lipinski definition) is 4. The number of halogens is 1. The summed E-state index contributed by atoms with van der Waals surface area (Å²) >= 11 is 0. The van der Waals surface area contributed by atoms with Crippen molar-refractivity contribution in [3.05, 3.63) is 29.3 Å². The first kappa shape index (κ1) is 23.0. The highest BCUT2D eigenvalue weighted by Gasteiger charge is 2.11. The highest BCUT2D eigenvalue weighted by molar-refractivity contribution is 14.0. The Morgan fingerprint density at radius 1 is 1.27 bits per heavy atom. The fourth-order valence-electron chi connectivity index (χ4n) is 2.59. The van der Waals surface area contributed by atoms with E-state index in [4.69, 9.17) is 4.74 Å². The standard InChI is InChI=1S/C17H28N4O3S.HI/c1-3-18-17(19-9-4-10-21-25(2,22)23)20-11-7-14-5-6-16-15(13-14)8-12-24-16;/h5-6,13,21H,3-4,7-12H2,1-2H3,(H2,18,19,20);1H. The third-order valence-electron chi connectivity index (χ3n) is 3.77. The summed E-state index contributed by atoms with van der Waals surface area (Å²) in [7, 11) is -3.12. The zero-order valence-corrected chi connectivity index (χ0v) is 18.5. The maximum absolute atomic E-state index is 11.0.